The predicted molar refractivity (Wildman–Crippen MR) is 101 cm³/mol. The minimum atomic E-state index is -0.471. The van der Waals surface area contributed by atoms with Gasteiger partial charge in [-0.1, -0.05) is 0 Å². The number of rotatable bonds is 3. The van der Waals surface area contributed by atoms with E-state index in [2.05, 4.69) is 11.9 Å². The highest BCUT2D eigenvalue weighted by Gasteiger charge is 2.41. The first-order valence-corrected chi connectivity index (χ1v) is 10.4. The van der Waals surface area contributed by atoms with Crippen molar-refractivity contribution in [1.82, 2.24) is 9.80 Å². The molecule has 4 unspecified atom stereocenters. The fraction of sp³-hybridized carbons (Fsp3) is 0.944. The first-order valence-electron chi connectivity index (χ1n) is 9.56. The minimum absolute atomic E-state index is 0.00762. The predicted octanol–water partition coefficient (Wildman–Crippen LogP) is 1.49. The lowest BCUT2D eigenvalue weighted by Gasteiger charge is -2.42. The average molecular weight is 392 g/mol. The van der Waals surface area contributed by atoms with Crippen LogP contribution in [0.3, 0.4) is 0 Å². The molecular formula is C18H31Cl2N3O2. The van der Waals surface area contributed by atoms with Gasteiger partial charge in [0.2, 0.25) is 5.91 Å². The smallest absolute Gasteiger partial charge is 0.227 e. The Morgan fingerprint density at radius 1 is 1.12 bits per heavy atom. The number of nitrogens with two attached hydrogens (primary N) is 1. The summed E-state index contributed by atoms with van der Waals surface area (Å²) >= 11 is 12.5. The second-order valence-electron chi connectivity index (χ2n) is 8.22. The molecule has 0 aromatic rings. The monoisotopic (exact) mass is 391 g/mol. The van der Waals surface area contributed by atoms with Gasteiger partial charge in [-0.05, 0) is 51.6 Å². The van der Waals surface area contributed by atoms with Crippen molar-refractivity contribution >= 4 is 29.1 Å². The molecular weight excluding hydrogens is 361 g/mol. The van der Waals surface area contributed by atoms with E-state index in [-0.39, 0.29) is 28.6 Å². The Morgan fingerprint density at radius 3 is 2.36 bits per heavy atom. The molecule has 2 saturated heterocycles. The van der Waals surface area contributed by atoms with Gasteiger partial charge < -0.3 is 20.6 Å². The zero-order valence-electron chi connectivity index (χ0n) is 15.0. The molecule has 0 aromatic carbocycles. The maximum Gasteiger partial charge on any atom is 0.227 e. The zero-order chi connectivity index (χ0) is 18.1. The molecule has 144 valence electrons. The number of hydrogen-bond acceptors (Lipinski definition) is 4. The van der Waals surface area contributed by atoms with Crippen LogP contribution >= 0.6 is 23.2 Å². The summed E-state index contributed by atoms with van der Waals surface area (Å²) < 4.78 is 0. The molecule has 2 aliphatic heterocycles. The van der Waals surface area contributed by atoms with Crippen molar-refractivity contribution in [3.8, 4) is 0 Å². The Bertz CT molecular complexity index is 473. The van der Waals surface area contributed by atoms with Crippen LogP contribution < -0.4 is 5.73 Å². The number of carbonyl (C=O) groups is 1. The van der Waals surface area contributed by atoms with E-state index in [1.807, 2.05) is 4.90 Å². The first-order chi connectivity index (χ1) is 11.9. The van der Waals surface area contributed by atoms with Gasteiger partial charge in [0.25, 0.3) is 0 Å². The lowest BCUT2D eigenvalue weighted by molar-refractivity contribution is -0.136. The molecule has 2 heterocycles. The molecule has 0 spiro atoms. The zero-order valence-corrected chi connectivity index (χ0v) is 16.5. The van der Waals surface area contributed by atoms with E-state index < -0.39 is 6.10 Å². The van der Waals surface area contributed by atoms with Crippen molar-refractivity contribution in [3.05, 3.63) is 0 Å². The number of piperidine rings is 1. The summed E-state index contributed by atoms with van der Waals surface area (Å²) in [6, 6.07) is -0.0738. The van der Waals surface area contributed by atoms with Crippen molar-refractivity contribution in [2.24, 2.45) is 23.5 Å². The van der Waals surface area contributed by atoms with Crippen molar-refractivity contribution in [2.45, 2.75) is 55.0 Å². The standard InChI is InChI=1S/C18H31Cl2N3O2/c1-22-5-2-12(10-22)18(25)23-6-3-11(4-7-23)17(21)13-8-14(19)15(20)9-16(13)24/h11-17,24H,2-10,21H2,1H3/t12-,13?,14?,15?,16?,17-/m1/s1. The third-order valence-corrected chi connectivity index (χ3v) is 7.57. The van der Waals surface area contributed by atoms with Gasteiger partial charge in [0, 0.05) is 31.6 Å². The van der Waals surface area contributed by atoms with E-state index in [4.69, 9.17) is 28.9 Å². The molecule has 6 atom stereocenters. The van der Waals surface area contributed by atoms with Crippen LogP contribution in [0.1, 0.15) is 32.1 Å². The summed E-state index contributed by atoms with van der Waals surface area (Å²) in [5.41, 5.74) is 6.51. The highest BCUT2D eigenvalue weighted by atomic mass is 35.5. The van der Waals surface area contributed by atoms with E-state index >= 15 is 0 Å². The van der Waals surface area contributed by atoms with Gasteiger partial charge in [-0.2, -0.15) is 0 Å². The first kappa shape index (κ1) is 19.7. The van der Waals surface area contributed by atoms with E-state index in [1.54, 1.807) is 0 Å². The van der Waals surface area contributed by atoms with Gasteiger partial charge in [0.15, 0.2) is 0 Å². The number of carbonyl (C=O) groups excluding carboxylic acids is 1. The number of amides is 1. The van der Waals surface area contributed by atoms with Gasteiger partial charge in [-0.15, -0.1) is 23.2 Å². The highest BCUT2D eigenvalue weighted by Crippen LogP contribution is 2.37. The van der Waals surface area contributed by atoms with Crippen LogP contribution in [-0.4, -0.2) is 76.9 Å². The number of alkyl halides is 2. The van der Waals surface area contributed by atoms with Crippen molar-refractivity contribution < 1.29 is 9.90 Å². The van der Waals surface area contributed by atoms with Crippen molar-refractivity contribution in [3.63, 3.8) is 0 Å². The fourth-order valence-electron chi connectivity index (χ4n) is 4.78. The number of hydrogen-bond donors (Lipinski definition) is 2. The Morgan fingerprint density at radius 2 is 1.76 bits per heavy atom. The number of halogens is 2. The third-order valence-electron chi connectivity index (χ3n) is 6.48. The fourth-order valence-corrected chi connectivity index (χ4v) is 5.37. The van der Waals surface area contributed by atoms with Crippen LogP contribution in [0.15, 0.2) is 0 Å². The molecule has 3 fully saturated rings. The lowest BCUT2D eigenvalue weighted by atomic mass is 9.74. The molecule has 1 amide bonds. The molecule has 1 aliphatic carbocycles. The van der Waals surface area contributed by atoms with E-state index in [9.17, 15) is 9.90 Å². The van der Waals surface area contributed by atoms with E-state index in [0.717, 1.165) is 45.4 Å². The van der Waals surface area contributed by atoms with Crippen LogP contribution in [0.5, 0.6) is 0 Å². The number of likely N-dealkylation sites (tertiary alicyclic amines) is 2. The number of aliphatic hydroxyl groups is 1. The molecule has 5 nitrogen and oxygen atoms in total. The molecule has 1 saturated carbocycles. The Hall–Kier alpha value is -0.0700. The topological polar surface area (TPSA) is 69.8 Å². The van der Waals surface area contributed by atoms with Crippen molar-refractivity contribution in [2.75, 3.05) is 33.2 Å². The Kier molecular flexibility index (Phi) is 6.54. The van der Waals surface area contributed by atoms with Crippen LogP contribution in [0.2, 0.25) is 0 Å². The second-order valence-corrected chi connectivity index (χ2v) is 9.34. The van der Waals surface area contributed by atoms with Crippen LogP contribution in [0.25, 0.3) is 0 Å². The molecule has 3 N–H and O–H groups in total. The molecule has 0 radical (unpaired) electrons. The van der Waals surface area contributed by atoms with Gasteiger partial charge in [0.1, 0.15) is 0 Å². The van der Waals surface area contributed by atoms with Crippen molar-refractivity contribution in [1.29, 1.82) is 0 Å². The number of aliphatic hydroxyl groups excluding tert-OH is 1. The highest BCUT2D eigenvalue weighted by molar-refractivity contribution is 6.30. The molecule has 7 heteroatoms. The Labute approximate surface area is 160 Å². The lowest BCUT2D eigenvalue weighted by Crippen LogP contribution is -2.52. The van der Waals surface area contributed by atoms with Crippen LogP contribution in [0.4, 0.5) is 0 Å². The summed E-state index contributed by atoms with van der Waals surface area (Å²) in [6.07, 6.45) is 3.51. The third kappa shape index (κ3) is 4.44. The van der Waals surface area contributed by atoms with Crippen LogP contribution in [-0.2, 0) is 4.79 Å². The van der Waals surface area contributed by atoms with Gasteiger partial charge >= 0.3 is 0 Å². The van der Waals surface area contributed by atoms with Gasteiger partial charge in [-0.25, -0.2) is 0 Å². The van der Waals surface area contributed by atoms with Gasteiger partial charge in [-0.3, -0.25) is 4.79 Å². The summed E-state index contributed by atoms with van der Waals surface area (Å²) in [4.78, 5) is 16.9. The molecule has 3 rings (SSSR count). The summed E-state index contributed by atoms with van der Waals surface area (Å²) in [7, 11) is 2.07. The Balaban J connectivity index is 1.50. The minimum Gasteiger partial charge on any atom is -0.393 e. The maximum absolute atomic E-state index is 12.7. The largest absolute Gasteiger partial charge is 0.393 e. The maximum atomic E-state index is 12.7. The van der Waals surface area contributed by atoms with E-state index in [1.165, 1.54) is 0 Å². The van der Waals surface area contributed by atoms with E-state index in [0.29, 0.717) is 24.7 Å². The van der Waals surface area contributed by atoms with Crippen LogP contribution in [0, 0.1) is 17.8 Å². The molecule has 25 heavy (non-hydrogen) atoms. The quantitative estimate of drug-likeness (QED) is 0.714. The number of nitrogens with zero attached hydrogens (tertiary/aromatic N) is 2. The molecule has 0 aromatic heterocycles. The SMILES string of the molecule is CN1CC[C@@H](C(=O)N2CCC([C@@H](N)C3CC(Cl)C(Cl)CC3O)CC2)C1. The molecule has 3 aliphatic rings. The second kappa shape index (κ2) is 8.30. The summed E-state index contributed by atoms with van der Waals surface area (Å²) in [5.74, 6) is 0.812. The summed E-state index contributed by atoms with van der Waals surface area (Å²) in [6.45, 7) is 3.45. The normalized spacial score (nSPS) is 39.6. The summed E-state index contributed by atoms with van der Waals surface area (Å²) in [5, 5.41) is 10.1. The molecule has 0 bridgehead atoms. The average Bonchev–Trinajstić information content (AvgIpc) is 3.03. The van der Waals surface area contributed by atoms with Gasteiger partial charge in [0.05, 0.1) is 22.8 Å².